The Morgan fingerprint density at radius 2 is 1.44 bits per heavy atom. The van der Waals surface area contributed by atoms with Crippen molar-refractivity contribution in [2.45, 2.75) is 34.1 Å². The molecule has 0 spiro atoms. The summed E-state index contributed by atoms with van der Waals surface area (Å²) in [5.74, 6) is -0.793. The summed E-state index contributed by atoms with van der Waals surface area (Å²) in [6, 6.07) is 9.22. The van der Waals surface area contributed by atoms with Gasteiger partial charge in [0.2, 0.25) is 0 Å². The third kappa shape index (κ3) is 14.0. The largest absolute Gasteiger partial charge is 0.529 e. The van der Waals surface area contributed by atoms with Crippen molar-refractivity contribution in [1.82, 2.24) is 4.98 Å². The molecule has 0 aliphatic rings. The first-order chi connectivity index (χ1) is 19.4. The zero-order valence-corrected chi connectivity index (χ0v) is 25.9. The predicted molar refractivity (Wildman–Crippen MR) is 157 cm³/mol. The molecule has 0 unspecified atom stereocenters. The van der Waals surface area contributed by atoms with Gasteiger partial charge in [0.25, 0.3) is 0 Å². The molecule has 0 aliphatic carbocycles. The lowest BCUT2D eigenvalue weighted by Gasteiger charge is -2.21. The molecule has 1 N–H and O–H groups in total. The fraction of sp³-hybridized carbons (Fsp3) is 0.379. The van der Waals surface area contributed by atoms with Gasteiger partial charge in [-0.2, -0.15) is 0 Å². The summed E-state index contributed by atoms with van der Waals surface area (Å²) in [5.41, 5.74) is 3.41. The van der Waals surface area contributed by atoms with E-state index in [0.717, 1.165) is 11.8 Å². The Labute approximate surface area is 242 Å². The number of hydrogen-bond acceptors (Lipinski definition) is 11. The number of aliphatic hydroxyl groups excluding tert-OH is 1. The molecule has 12 heteroatoms. The maximum atomic E-state index is 11.5. The van der Waals surface area contributed by atoms with Crippen LogP contribution in [0.5, 0.6) is 5.75 Å². The molecule has 41 heavy (non-hydrogen) atoms. The molecule has 226 valence electrons. The molecule has 2 rings (SSSR count). The van der Waals surface area contributed by atoms with Crippen LogP contribution in [0, 0.1) is 0 Å². The van der Waals surface area contributed by atoms with Crippen LogP contribution in [-0.4, -0.2) is 78.0 Å². The van der Waals surface area contributed by atoms with Crippen LogP contribution in [-0.2, 0) is 37.1 Å². The van der Waals surface area contributed by atoms with E-state index >= 15 is 0 Å². The van der Waals surface area contributed by atoms with Gasteiger partial charge in [-0.05, 0) is 45.0 Å². The van der Waals surface area contributed by atoms with E-state index < -0.39 is 20.7 Å². The fourth-order valence-electron chi connectivity index (χ4n) is 2.67. The number of fused-ring (bicyclic) bond motifs is 1. The number of para-hydroxylation sites is 1. The number of carbonyl (C=O) groups excluding carboxylic acids is 3. The molecule has 0 saturated heterocycles. The monoisotopic (exact) mass is 591 g/mol. The Bertz CT molecular complexity index is 1180. The third-order valence-corrected chi connectivity index (χ3v) is 7.32. The van der Waals surface area contributed by atoms with E-state index in [-0.39, 0.29) is 19.2 Å². The molecule has 1 aromatic heterocycles. The van der Waals surface area contributed by atoms with Gasteiger partial charge in [0, 0.05) is 49.6 Å². The summed E-state index contributed by atoms with van der Waals surface area (Å²) in [4.78, 5) is 37.6. The van der Waals surface area contributed by atoms with Crippen molar-refractivity contribution in [3.8, 4) is 5.75 Å². The Hall–Kier alpha value is -3.68. The second-order valence-electron chi connectivity index (χ2n) is 8.32. The van der Waals surface area contributed by atoms with Crippen molar-refractivity contribution in [2.75, 3.05) is 41.2 Å². The minimum atomic E-state index is -2.85. The second kappa shape index (κ2) is 20.2. The molecule has 11 nitrogen and oxygen atoms in total. The van der Waals surface area contributed by atoms with Gasteiger partial charge in [0.1, 0.15) is 12.1 Å². The normalized spacial score (nSPS) is 10.8. The molecule has 1 heterocycles. The van der Waals surface area contributed by atoms with Crippen molar-refractivity contribution in [3.05, 3.63) is 72.1 Å². The lowest BCUT2D eigenvalue weighted by molar-refractivity contribution is -0.140. The van der Waals surface area contributed by atoms with E-state index in [0.29, 0.717) is 34.6 Å². The average Bonchev–Trinajstić information content (AvgIpc) is 2.98. The molecule has 0 bridgehead atoms. The number of rotatable bonds is 12. The number of aromatic nitrogens is 1. The smallest absolute Gasteiger partial charge is 0.462 e. The van der Waals surface area contributed by atoms with Crippen LogP contribution in [0.2, 0.25) is 0 Å². The summed E-state index contributed by atoms with van der Waals surface area (Å²) in [7, 11) is 1.61. The molecular weight excluding hydrogens is 550 g/mol. The zero-order chi connectivity index (χ0) is 31.4. The van der Waals surface area contributed by atoms with Gasteiger partial charge in [-0.25, -0.2) is 14.4 Å². The number of esters is 3. The lowest BCUT2D eigenvalue weighted by Crippen LogP contribution is -2.41. The number of carbonyl (C=O) groups is 3. The first kappa shape index (κ1) is 37.3. The molecule has 0 aliphatic heterocycles. The minimum Gasteiger partial charge on any atom is -0.462 e. The van der Waals surface area contributed by atoms with Gasteiger partial charge >= 0.3 is 26.7 Å². The summed E-state index contributed by atoms with van der Waals surface area (Å²) >= 11 is 0. The lowest BCUT2D eigenvalue weighted by atomic mass is 10.2. The first-order valence-electron chi connectivity index (χ1n) is 12.6. The van der Waals surface area contributed by atoms with Crippen molar-refractivity contribution >= 4 is 37.6 Å². The van der Waals surface area contributed by atoms with Gasteiger partial charge in [0.15, 0.2) is 5.75 Å². The Morgan fingerprint density at radius 1 is 0.878 bits per heavy atom. The van der Waals surface area contributed by atoms with E-state index in [1.54, 1.807) is 38.7 Å². The van der Waals surface area contributed by atoms with Crippen LogP contribution >= 0.6 is 0 Å². The quantitative estimate of drug-likeness (QED) is 0.165. The van der Waals surface area contributed by atoms with Crippen molar-refractivity contribution in [2.24, 2.45) is 0 Å². The van der Waals surface area contributed by atoms with E-state index in [9.17, 15) is 14.4 Å². The fourth-order valence-corrected chi connectivity index (χ4v) is 4.17. The highest BCUT2D eigenvalue weighted by atomic mass is 28.4. The second-order valence-corrected chi connectivity index (χ2v) is 11.0. The van der Waals surface area contributed by atoms with Crippen molar-refractivity contribution in [3.63, 3.8) is 0 Å². The number of nitrogens with zero attached hydrogens (tertiary/aromatic N) is 1. The van der Waals surface area contributed by atoms with Crippen molar-refractivity contribution < 1.29 is 47.0 Å². The SMILES string of the molecule is C=C(C)C(=O)OCCO.C=C(C)C(=O)Oc1cccc2cccnc12.CCCOC(=O)C(C)=C[Si](OC)(OC)OC. The standard InChI is InChI=1S/C13H11NO2.C10H20O5Si.C6H10O3/c1-9(2)13(15)16-11-7-3-5-10-6-4-8-14-12(10)11;1-6-7-15-10(11)9(2)8-16(12-3,13-4)14-5;1-5(2)6(8)9-4-3-7/h3-8H,1H2,2H3;8H,6-7H2,1-5H3;7H,1,3-4H2,2H3. The van der Waals surface area contributed by atoms with Gasteiger partial charge in [-0.3, -0.25) is 4.98 Å². The highest BCUT2D eigenvalue weighted by Gasteiger charge is 2.36. The predicted octanol–water partition coefficient (Wildman–Crippen LogP) is 4.12. The minimum absolute atomic E-state index is 0.0473. The van der Waals surface area contributed by atoms with E-state index in [1.165, 1.54) is 21.3 Å². The van der Waals surface area contributed by atoms with Crippen LogP contribution in [0.4, 0.5) is 0 Å². The maximum Gasteiger partial charge on any atom is 0.529 e. The Morgan fingerprint density at radius 3 is 1.95 bits per heavy atom. The molecule has 1 aromatic carbocycles. The number of ether oxygens (including phenoxy) is 3. The highest BCUT2D eigenvalue weighted by molar-refractivity contribution is 6.66. The Balaban J connectivity index is 0.000000612. The number of benzene rings is 1. The van der Waals surface area contributed by atoms with E-state index in [1.807, 2.05) is 31.2 Å². The van der Waals surface area contributed by atoms with Gasteiger partial charge < -0.3 is 32.6 Å². The molecular formula is C29H41NO10Si. The molecule has 0 atom stereocenters. The number of pyridine rings is 1. The summed E-state index contributed by atoms with van der Waals surface area (Å²) in [6.45, 7) is 14.0. The van der Waals surface area contributed by atoms with Crippen molar-refractivity contribution in [1.29, 1.82) is 0 Å². The molecule has 2 aromatic rings. The van der Waals surface area contributed by atoms with Gasteiger partial charge in [-0.1, -0.05) is 38.3 Å². The number of hydrogen-bond donors (Lipinski definition) is 1. The zero-order valence-electron chi connectivity index (χ0n) is 24.9. The van der Waals surface area contributed by atoms with E-state index in [4.69, 9.17) is 27.9 Å². The summed E-state index contributed by atoms with van der Waals surface area (Å²) in [6.07, 6.45) is 2.46. The van der Waals surface area contributed by atoms with Crippen LogP contribution in [0.25, 0.3) is 10.9 Å². The molecule has 0 fully saturated rings. The molecule has 0 saturated carbocycles. The van der Waals surface area contributed by atoms with E-state index in [2.05, 4.69) is 22.9 Å². The number of aliphatic hydroxyl groups is 1. The maximum absolute atomic E-state index is 11.5. The molecule has 0 radical (unpaired) electrons. The van der Waals surface area contributed by atoms with Crippen LogP contribution < -0.4 is 4.74 Å². The Kier molecular flexibility index (Phi) is 18.4. The third-order valence-electron chi connectivity index (χ3n) is 4.83. The van der Waals surface area contributed by atoms with Crippen LogP contribution in [0.1, 0.15) is 34.1 Å². The summed E-state index contributed by atoms with van der Waals surface area (Å²) < 4.78 is 30.1. The van der Waals surface area contributed by atoms with Gasteiger partial charge in [-0.15, -0.1) is 0 Å². The average molecular weight is 592 g/mol. The highest BCUT2D eigenvalue weighted by Crippen LogP contribution is 2.23. The van der Waals surface area contributed by atoms with Crippen LogP contribution in [0.15, 0.2) is 72.1 Å². The summed E-state index contributed by atoms with van der Waals surface area (Å²) in [5, 5.41) is 9.13. The topological polar surface area (TPSA) is 140 Å². The van der Waals surface area contributed by atoms with Gasteiger partial charge in [0.05, 0.1) is 13.2 Å². The molecule has 0 amide bonds. The van der Waals surface area contributed by atoms with Crippen LogP contribution in [0.3, 0.4) is 0 Å². The first-order valence-corrected chi connectivity index (χ1v) is 14.4.